The molecular weight excluding hydrogens is 362 g/mol. The molecule has 0 unspecified atom stereocenters. The minimum absolute atomic E-state index is 0.0242. The Morgan fingerprint density at radius 2 is 0.929 bits per heavy atom. The van der Waals surface area contributed by atoms with Gasteiger partial charge in [-0.1, -0.05) is 0 Å². The molecule has 9 heteroatoms. The molecule has 0 heterocycles. The third kappa shape index (κ3) is 19.5. The van der Waals surface area contributed by atoms with E-state index in [9.17, 15) is 9.59 Å². The van der Waals surface area contributed by atoms with Crippen LogP contribution in [-0.2, 0) is 19.1 Å². The van der Waals surface area contributed by atoms with Crippen molar-refractivity contribution in [2.75, 3.05) is 99.9 Å². The second-order valence-electron chi connectivity index (χ2n) is 7.10. The zero-order chi connectivity index (χ0) is 21.2. The molecule has 0 aliphatic carbocycles. The lowest BCUT2D eigenvalue weighted by Gasteiger charge is -2.24. The van der Waals surface area contributed by atoms with Crippen molar-refractivity contribution in [1.82, 2.24) is 25.3 Å². The van der Waals surface area contributed by atoms with Gasteiger partial charge in [-0.3, -0.25) is 9.59 Å². The highest BCUT2D eigenvalue weighted by Gasteiger charge is 2.05. The summed E-state index contributed by atoms with van der Waals surface area (Å²) in [6, 6.07) is 0. The van der Waals surface area contributed by atoms with Crippen LogP contribution >= 0.6 is 0 Å². The van der Waals surface area contributed by atoms with E-state index in [-0.39, 0.29) is 11.8 Å². The van der Waals surface area contributed by atoms with Gasteiger partial charge in [-0.05, 0) is 21.1 Å². The molecule has 0 radical (unpaired) electrons. The van der Waals surface area contributed by atoms with Crippen molar-refractivity contribution in [2.24, 2.45) is 0 Å². The fourth-order valence-electron chi connectivity index (χ4n) is 2.26. The van der Waals surface area contributed by atoms with Gasteiger partial charge in [0.15, 0.2) is 0 Å². The lowest BCUT2D eigenvalue weighted by Crippen LogP contribution is -2.37. The first-order valence-corrected chi connectivity index (χ1v) is 10.0. The Hall–Kier alpha value is -1.26. The molecule has 0 aromatic rings. The average molecular weight is 404 g/mol. The van der Waals surface area contributed by atoms with E-state index in [1.807, 2.05) is 0 Å². The molecule has 0 aromatic heterocycles. The number of nitrogens with zero attached hydrogens (tertiary/aromatic N) is 3. The van der Waals surface area contributed by atoms with Crippen molar-refractivity contribution in [1.29, 1.82) is 0 Å². The van der Waals surface area contributed by atoms with Crippen molar-refractivity contribution in [2.45, 2.75) is 13.8 Å². The molecule has 0 aromatic carbocycles. The summed E-state index contributed by atoms with van der Waals surface area (Å²) in [7, 11) is 6.32. The fourth-order valence-corrected chi connectivity index (χ4v) is 2.26. The summed E-state index contributed by atoms with van der Waals surface area (Å²) in [4.78, 5) is 28.3. The number of hydrogen-bond acceptors (Lipinski definition) is 7. The monoisotopic (exact) mass is 403 g/mol. The van der Waals surface area contributed by atoms with Crippen molar-refractivity contribution in [3.63, 3.8) is 0 Å². The van der Waals surface area contributed by atoms with Gasteiger partial charge in [0.05, 0.1) is 26.4 Å². The van der Waals surface area contributed by atoms with Crippen molar-refractivity contribution < 1.29 is 19.1 Å². The number of ether oxygens (including phenoxy) is 2. The molecule has 2 N–H and O–H groups in total. The topological polar surface area (TPSA) is 86.4 Å². The lowest BCUT2D eigenvalue weighted by atomic mass is 10.4. The second kappa shape index (κ2) is 17.8. The molecule has 0 rings (SSSR count). The average Bonchev–Trinajstić information content (AvgIpc) is 2.63. The quantitative estimate of drug-likeness (QED) is 0.287. The van der Waals surface area contributed by atoms with Gasteiger partial charge in [0.25, 0.3) is 0 Å². The molecule has 28 heavy (non-hydrogen) atoms. The minimum Gasteiger partial charge on any atom is -0.378 e. The van der Waals surface area contributed by atoms with Crippen LogP contribution in [0.15, 0.2) is 0 Å². The normalized spacial score (nSPS) is 11.4. The third-order valence-corrected chi connectivity index (χ3v) is 4.20. The molecule has 0 aliphatic heterocycles. The summed E-state index contributed by atoms with van der Waals surface area (Å²) in [5.41, 5.74) is 0. The molecule has 0 saturated heterocycles. The Morgan fingerprint density at radius 1 is 0.607 bits per heavy atom. The molecular formula is C19H41N5O4. The Morgan fingerprint density at radius 3 is 1.25 bits per heavy atom. The maximum absolute atomic E-state index is 10.7. The van der Waals surface area contributed by atoms with Crippen LogP contribution in [-0.4, -0.2) is 126 Å². The molecule has 0 bridgehead atoms. The smallest absolute Gasteiger partial charge is 0.216 e. The van der Waals surface area contributed by atoms with Crippen LogP contribution in [0.4, 0.5) is 0 Å². The summed E-state index contributed by atoms with van der Waals surface area (Å²) in [6.45, 7) is 12.3. The molecule has 0 aliphatic rings. The summed E-state index contributed by atoms with van der Waals surface area (Å²) in [5.74, 6) is -0.0484. The number of nitrogens with one attached hydrogen (secondary N) is 2. The maximum Gasteiger partial charge on any atom is 0.216 e. The first-order chi connectivity index (χ1) is 13.3. The van der Waals surface area contributed by atoms with E-state index in [1.165, 1.54) is 13.8 Å². The molecule has 0 spiro atoms. The van der Waals surface area contributed by atoms with Crippen LogP contribution in [0.3, 0.4) is 0 Å². The van der Waals surface area contributed by atoms with E-state index in [4.69, 9.17) is 9.47 Å². The third-order valence-electron chi connectivity index (χ3n) is 4.20. The van der Waals surface area contributed by atoms with Crippen LogP contribution in [0.5, 0.6) is 0 Å². The lowest BCUT2D eigenvalue weighted by molar-refractivity contribution is -0.120. The van der Waals surface area contributed by atoms with Crippen molar-refractivity contribution in [3.05, 3.63) is 0 Å². The number of likely N-dealkylation sites (N-methyl/N-ethyl adjacent to an activating group) is 3. The number of hydrogen-bond donors (Lipinski definition) is 2. The number of rotatable bonds is 18. The van der Waals surface area contributed by atoms with Crippen LogP contribution in [0.25, 0.3) is 0 Å². The number of carbonyl (C=O) groups excluding carboxylic acids is 2. The Bertz CT molecular complexity index is 376. The zero-order valence-electron chi connectivity index (χ0n) is 18.5. The number of carbonyl (C=O) groups is 2. The molecule has 166 valence electrons. The van der Waals surface area contributed by atoms with E-state index < -0.39 is 0 Å². The highest BCUT2D eigenvalue weighted by Crippen LogP contribution is 1.90. The Kier molecular flexibility index (Phi) is 17.0. The molecule has 0 atom stereocenters. The molecule has 2 amide bonds. The van der Waals surface area contributed by atoms with Gasteiger partial charge < -0.3 is 34.8 Å². The van der Waals surface area contributed by atoms with Gasteiger partial charge in [-0.25, -0.2) is 0 Å². The SMILES string of the molecule is CC(=O)NCCOCCN(C)CCN(C)CCN(C)CCOCCNC(C)=O. The summed E-state index contributed by atoms with van der Waals surface area (Å²) in [5, 5.41) is 5.42. The van der Waals surface area contributed by atoms with Crippen LogP contribution in [0, 0.1) is 0 Å². The first-order valence-electron chi connectivity index (χ1n) is 10.0. The fraction of sp³-hybridized carbons (Fsp3) is 0.895. The van der Waals surface area contributed by atoms with Crippen molar-refractivity contribution >= 4 is 11.8 Å². The van der Waals surface area contributed by atoms with E-state index in [1.54, 1.807) is 0 Å². The molecule has 0 fully saturated rings. The number of amides is 2. The van der Waals surface area contributed by atoms with Gasteiger partial charge >= 0.3 is 0 Å². The van der Waals surface area contributed by atoms with Gasteiger partial charge in [-0.2, -0.15) is 0 Å². The Labute approximate surface area is 170 Å². The summed E-state index contributed by atoms with van der Waals surface area (Å²) < 4.78 is 11.0. The van der Waals surface area contributed by atoms with Gasteiger partial charge in [0.1, 0.15) is 0 Å². The van der Waals surface area contributed by atoms with E-state index >= 15 is 0 Å². The van der Waals surface area contributed by atoms with E-state index in [0.29, 0.717) is 39.5 Å². The highest BCUT2D eigenvalue weighted by atomic mass is 16.5. The summed E-state index contributed by atoms with van der Waals surface area (Å²) >= 11 is 0. The molecule has 0 saturated carbocycles. The summed E-state index contributed by atoms with van der Waals surface area (Å²) in [6.07, 6.45) is 0. The van der Waals surface area contributed by atoms with Crippen LogP contribution < -0.4 is 10.6 Å². The Balaban J connectivity index is 3.52. The standard InChI is InChI=1S/C19H41N5O4/c1-18(25)20-6-14-27-16-12-23(4)10-8-22(3)9-11-24(5)13-17-28-15-7-21-19(2)26/h6-17H2,1-5H3,(H,20,25)(H,21,26). The minimum atomic E-state index is -0.0242. The first kappa shape index (κ1) is 26.7. The molecule has 9 nitrogen and oxygen atoms in total. The zero-order valence-corrected chi connectivity index (χ0v) is 18.5. The van der Waals surface area contributed by atoms with Gasteiger partial charge in [0, 0.05) is 66.2 Å². The predicted octanol–water partition coefficient (Wildman–Crippen LogP) is -0.913. The van der Waals surface area contributed by atoms with E-state index in [0.717, 1.165) is 39.3 Å². The maximum atomic E-state index is 10.7. The largest absolute Gasteiger partial charge is 0.378 e. The highest BCUT2D eigenvalue weighted by molar-refractivity contribution is 5.73. The van der Waals surface area contributed by atoms with E-state index in [2.05, 4.69) is 46.5 Å². The van der Waals surface area contributed by atoms with Crippen LogP contribution in [0.1, 0.15) is 13.8 Å². The van der Waals surface area contributed by atoms with Gasteiger partial charge in [-0.15, -0.1) is 0 Å². The second-order valence-corrected chi connectivity index (χ2v) is 7.10. The van der Waals surface area contributed by atoms with Crippen LogP contribution in [0.2, 0.25) is 0 Å². The van der Waals surface area contributed by atoms with Crippen molar-refractivity contribution in [3.8, 4) is 0 Å². The predicted molar refractivity (Wildman–Crippen MR) is 111 cm³/mol. The van der Waals surface area contributed by atoms with Gasteiger partial charge in [0.2, 0.25) is 11.8 Å².